The summed E-state index contributed by atoms with van der Waals surface area (Å²) in [7, 11) is 1.86. The molecule has 0 fully saturated rings. The second kappa shape index (κ2) is 9.96. The molecule has 0 saturated carbocycles. The molecule has 0 N–H and O–H groups in total. The predicted molar refractivity (Wildman–Crippen MR) is 135 cm³/mol. The molecule has 0 aromatic heterocycles. The molecule has 3 aromatic rings. The molecule has 4 rings (SSSR count). The molecule has 2 amide bonds. The first kappa shape index (κ1) is 23.3. The third-order valence-electron chi connectivity index (χ3n) is 6.07. The maximum Gasteiger partial charge on any atom is 0.282 e. The van der Waals surface area contributed by atoms with Crippen LogP contribution < -0.4 is 9.64 Å². The predicted octanol–water partition coefficient (Wildman–Crippen LogP) is 5.51. The lowest BCUT2D eigenvalue weighted by atomic mass is 9.99. The molecule has 5 nitrogen and oxygen atoms in total. The van der Waals surface area contributed by atoms with Crippen molar-refractivity contribution in [2.45, 2.75) is 33.7 Å². The quantitative estimate of drug-likeness (QED) is 0.421. The summed E-state index contributed by atoms with van der Waals surface area (Å²) in [6.45, 7) is 7.08. The Kier molecular flexibility index (Phi) is 6.82. The molecule has 0 bridgehead atoms. The van der Waals surface area contributed by atoms with Gasteiger partial charge in [0.1, 0.15) is 11.4 Å². The first-order valence-electron chi connectivity index (χ1n) is 11.6. The van der Waals surface area contributed by atoms with Gasteiger partial charge >= 0.3 is 0 Å². The number of aryl methyl sites for hydroxylation is 2. The van der Waals surface area contributed by atoms with Gasteiger partial charge < -0.3 is 9.64 Å². The molecule has 0 spiro atoms. The minimum Gasteiger partial charge on any atom is -0.491 e. The average Bonchev–Trinajstić information content (AvgIpc) is 3.10. The second-order valence-corrected chi connectivity index (χ2v) is 8.63. The number of hydrogen-bond donors (Lipinski definition) is 0. The summed E-state index contributed by atoms with van der Waals surface area (Å²) >= 11 is 0. The SMILES string of the molecule is CCCOc1ccccc1N1C(=O)C(c2ccc(C)c(C)c2)=C(N(C)Cc2ccccc2)C1=O. The summed E-state index contributed by atoms with van der Waals surface area (Å²) in [5.74, 6) is -0.155. The molecule has 3 aromatic carbocycles. The van der Waals surface area contributed by atoms with Gasteiger partial charge in [-0.25, -0.2) is 4.90 Å². The van der Waals surface area contributed by atoms with E-state index < -0.39 is 0 Å². The van der Waals surface area contributed by atoms with Crippen LogP contribution in [0.2, 0.25) is 0 Å². The molecule has 34 heavy (non-hydrogen) atoms. The van der Waals surface area contributed by atoms with Crippen molar-refractivity contribution in [2.24, 2.45) is 0 Å². The van der Waals surface area contributed by atoms with E-state index in [0.29, 0.717) is 35.9 Å². The topological polar surface area (TPSA) is 49.9 Å². The first-order valence-corrected chi connectivity index (χ1v) is 11.6. The highest BCUT2D eigenvalue weighted by molar-refractivity contribution is 6.45. The lowest BCUT2D eigenvalue weighted by Gasteiger charge is -2.22. The van der Waals surface area contributed by atoms with E-state index in [1.165, 1.54) is 4.90 Å². The van der Waals surface area contributed by atoms with Crippen molar-refractivity contribution in [3.8, 4) is 5.75 Å². The summed E-state index contributed by atoms with van der Waals surface area (Å²) in [4.78, 5) is 30.9. The Morgan fingerprint density at radius 1 is 0.853 bits per heavy atom. The lowest BCUT2D eigenvalue weighted by Crippen LogP contribution is -2.34. The Hall–Kier alpha value is -3.86. The number of benzene rings is 3. The van der Waals surface area contributed by atoms with Crippen LogP contribution in [0.15, 0.2) is 78.5 Å². The first-order chi connectivity index (χ1) is 16.4. The lowest BCUT2D eigenvalue weighted by molar-refractivity contribution is -0.120. The third kappa shape index (κ3) is 4.46. The van der Waals surface area contributed by atoms with E-state index in [1.807, 2.05) is 93.4 Å². The Morgan fingerprint density at radius 2 is 1.56 bits per heavy atom. The van der Waals surface area contributed by atoms with Gasteiger partial charge in [-0.05, 0) is 54.7 Å². The van der Waals surface area contributed by atoms with Crippen LogP contribution in [-0.2, 0) is 16.1 Å². The Labute approximate surface area is 201 Å². The standard InChI is InChI=1S/C29H30N2O3/c1-5-17-34-25-14-10-9-13-24(25)31-28(32)26(23-16-15-20(2)21(3)18-23)27(29(31)33)30(4)19-22-11-7-6-8-12-22/h6-16,18H,5,17,19H2,1-4H3. The van der Waals surface area contributed by atoms with Crippen molar-refractivity contribution >= 4 is 23.1 Å². The minimum atomic E-state index is -0.343. The van der Waals surface area contributed by atoms with Crippen LogP contribution in [0.4, 0.5) is 5.69 Å². The molecule has 0 atom stereocenters. The van der Waals surface area contributed by atoms with Crippen LogP contribution in [-0.4, -0.2) is 30.4 Å². The molecule has 0 saturated heterocycles. The number of amides is 2. The number of hydrogen-bond acceptors (Lipinski definition) is 4. The van der Waals surface area contributed by atoms with Gasteiger partial charge in [-0.3, -0.25) is 9.59 Å². The van der Waals surface area contributed by atoms with Gasteiger partial charge in [-0.1, -0.05) is 67.6 Å². The van der Waals surface area contributed by atoms with Gasteiger partial charge in [0, 0.05) is 13.6 Å². The normalized spacial score (nSPS) is 13.6. The molecular formula is C29H30N2O3. The summed E-state index contributed by atoms with van der Waals surface area (Å²) in [6.07, 6.45) is 0.827. The zero-order chi connectivity index (χ0) is 24.2. The molecule has 5 heteroatoms. The monoisotopic (exact) mass is 454 g/mol. The van der Waals surface area contributed by atoms with Crippen molar-refractivity contribution in [1.29, 1.82) is 0 Å². The molecule has 0 radical (unpaired) electrons. The number of carbonyl (C=O) groups excluding carboxylic acids is 2. The van der Waals surface area contributed by atoms with Gasteiger partial charge in [-0.15, -0.1) is 0 Å². The van der Waals surface area contributed by atoms with E-state index in [0.717, 1.165) is 28.7 Å². The van der Waals surface area contributed by atoms with Gasteiger partial charge in [-0.2, -0.15) is 0 Å². The zero-order valence-electron chi connectivity index (χ0n) is 20.2. The summed E-state index contributed by atoms with van der Waals surface area (Å²) < 4.78 is 5.88. The van der Waals surface area contributed by atoms with Gasteiger partial charge in [0.2, 0.25) is 0 Å². The Morgan fingerprint density at radius 3 is 2.26 bits per heavy atom. The van der Waals surface area contributed by atoms with E-state index in [2.05, 4.69) is 0 Å². The molecule has 0 unspecified atom stereocenters. The van der Waals surface area contributed by atoms with Crippen molar-refractivity contribution in [1.82, 2.24) is 4.90 Å². The molecule has 1 aliphatic rings. The number of carbonyl (C=O) groups is 2. The van der Waals surface area contributed by atoms with Crippen molar-refractivity contribution in [3.63, 3.8) is 0 Å². The van der Waals surface area contributed by atoms with Gasteiger partial charge in [0.15, 0.2) is 0 Å². The summed E-state index contributed by atoms with van der Waals surface area (Å²) in [5, 5.41) is 0. The van der Waals surface area contributed by atoms with Crippen LogP contribution in [0.1, 0.15) is 35.6 Å². The van der Waals surface area contributed by atoms with Crippen LogP contribution in [0.3, 0.4) is 0 Å². The van der Waals surface area contributed by atoms with E-state index >= 15 is 0 Å². The maximum atomic E-state index is 13.9. The molecule has 174 valence electrons. The van der Waals surface area contributed by atoms with Crippen molar-refractivity contribution in [2.75, 3.05) is 18.6 Å². The summed E-state index contributed by atoms with van der Waals surface area (Å²) in [6, 6.07) is 23.0. The number of anilines is 1. The van der Waals surface area contributed by atoms with Crippen LogP contribution in [0.5, 0.6) is 5.75 Å². The number of para-hydroxylation sites is 2. The van der Waals surface area contributed by atoms with Gasteiger partial charge in [0.05, 0.1) is 17.9 Å². The Bertz CT molecular complexity index is 1250. The van der Waals surface area contributed by atoms with E-state index in [1.54, 1.807) is 12.1 Å². The minimum absolute atomic E-state index is 0.337. The highest BCUT2D eigenvalue weighted by Gasteiger charge is 2.42. The summed E-state index contributed by atoms with van der Waals surface area (Å²) in [5.41, 5.74) is 5.28. The highest BCUT2D eigenvalue weighted by Crippen LogP contribution is 2.39. The fraction of sp³-hybridized carbons (Fsp3) is 0.241. The maximum absolute atomic E-state index is 13.9. The fourth-order valence-corrected chi connectivity index (χ4v) is 4.16. The molecule has 1 aliphatic heterocycles. The van der Waals surface area contributed by atoms with E-state index in [4.69, 9.17) is 4.74 Å². The number of ether oxygens (including phenoxy) is 1. The van der Waals surface area contributed by atoms with Crippen molar-refractivity contribution in [3.05, 3.63) is 101 Å². The smallest absolute Gasteiger partial charge is 0.282 e. The molecule has 1 heterocycles. The molecular weight excluding hydrogens is 424 g/mol. The van der Waals surface area contributed by atoms with Crippen LogP contribution >= 0.6 is 0 Å². The van der Waals surface area contributed by atoms with Crippen molar-refractivity contribution < 1.29 is 14.3 Å². The largest absolute Gasteiger partial charge is 0.491 e. The Balaban J connectivity index is 1.82. The molecule has 0 aliphatic carbocycles. The fourth-order valence-electron chi connectivity index (χ4n) is 4.16. The number of likely N-dealkylation sites (N-methyl/N-ethyl adjacent to an activating group) is 1. The average molecular weight is 455 g/mol. The number of nitrogens with zero attached hydrogens (tertiary/aromatic N) is 2. The zero-order valence-corrected chi connectivity index (χ0v) is 20.2. The number of imide groups is 1. The third-order valence-corrected chi connectivity index (χ3v) is 6.07. The van der Waals surface area contributed by atoms with Gasteiger partial charge in [0.25, 0.3) is 11.8 Å². The van der Waals surface area contributed by atoms with E-state index in [9.17, 15) is 9.59 Å². The number of rotatable bonds is 8. The highest BCUT2D eigenvalue weighted by atomic mass is 16.5. The van der Waals surface area contributed by atoms with Crippen LogP contribution in [0, 0.1) is 13.8 Å². The second-order valence-electron chi connectivity index (χ2n) is 8.63. The van der Waals surface area contributed by atoms with E-state index in [-0.39, 0.29) is 11.8 Å². The van der Waals surface area contributed by atoms with Crippen LogP contribution in [0.25, 0.3) is 5.57 Å².